The smallest absolute Gasteiger partial charge is 0.0619 e. The molecule has 0 saturated heterocycles. The number of hydrogen-bond acceptors (Lipinski definition) is 0. The van der Waals surface area contributed by atoms with Gasteiger partial charge in [0.25, 0.3) is 0 Å². The largest absolute Gasteiger partial charge is 0.309 e. The number of para-hydroxylation sites is 4. The van der Waals surface area contributed by atoms with E-state index in [1.54, 1.807) is 0 Å². The van der Waals surface area contributed by atoms with E-state index in [4.69, 9.17) is 0 Å². The summed E-state index contributed by atoms with van der Waals surface area (Å²) in [6, 6.07) is 151. The van der Waals surface area contributed by atoms with Gasteiger partial charge in [0.05, 0.1) is 49.8 Å². The second-order valence-electron chi connectivity index (χ2n) is 31.7. The van der Waals surface area contributed by atoms with E-state index in [2.05, 4.69) is 419 Å². The molecule has 0 saturated carbocycles. The fourth-order valence-electron chi connectivity index (χ4n) is 20.8. The highest BCUT2D eigenvalue weighted by molar-refractivity contribution is 6.25. The molecule has 0 fully saturated rings. The van der Waals surface area contributed by atoms with Crippen molar-refractivity contribution in [3.8, 4) is 123 Å². The van der Waals surface area contributed by atoms with Crippen LogP contribution >= 0.6 is 0 Å². The summed E-state index contributed by atoms with van der Waals surface area (Å²) in [4.78, 5) is 0. The summed E-state index contributed by atoms with van der Waals surface area (Å²) in [5, 5.41) is 19.6. The maximum Gasteiger partial charge on any atom is 0.0619 e. The summed E-state index contributed by atoms with van der Waals surface area (Å²) < 4.78 is 10.1. The molecule has 0 N–H and O–H groups in total. The average molecular weight is 1470 g/mol. The second kappa shape index (κ2) is 24.1. The molecule has 26 rings (SSSR count). The Morgan fingerprint density at radius 3 is 1.17 bits per heavy atom. The molecule has 534 valence electrons. The maximum atomic E-state index is 2.58. The summed E-state index contributed by atoms with van der Waals surface area (Å²) >= 11 is 0. The minimum Gasteiger partial charge on any atom is -0.309 e. The van der Waals surface area contributed by atoms with Gasteiger partial charge in [0.1, 0.15) is 0 Å². The topological polar surface area (TPSA) is 19.7 Å². The van der Waals surface area contributed by atoms with E-state index in [-0.39, 0.29) is 0 Å². The van der Waals surface area contributed by atoms with Crippen LogP contribution in [0, 0.1) is 0 Å². The molecule has 2 aliphatic carbocycles. The Balaban J connectivity index is 0.739. The predicted octanol–water partition coefficient (Wildman–Crippen LogP) is 30.3. The fourth-order valence-corrected chi connectivity index (χ4v) is 20.8. The van der Waals surface area contributed by atoms with Gasteiger partial charge in [0.15, 0.2) is 0 Å². The van der Waals surface area contributed by atoms with E-state index in [0.29, 0.717) is 0 Å². The number of benzene rings is 20. The van der Waals surface area contributed by atoms with E-state index < -0.39 is 0 Å². The Morgan fingerprint density at radius 1 is 0.138 bits per heavy atom. The molecular formula is C112H66N4. The zero-order chi connectivity index (χ0) is 75.5. The SMILES string of the molecule is c1ccc(-n2c3ccccc3c3ccc(-c4cc5c(cc4-c4ccc(-n6c7ccccc7c7ccc(-c8ccc9c(c8)c8ccc%10ccccc%10c8n9-c8ccccc8)cc76)c(-c6ccc7c8c(cccc68)-c6ccccc6-7)c4)c4ccc6ccccc6c4n5-c4cccc(-c5ccc6c7c(cccc57)-c5ccccc5-6)c4)cc32)cc1. The average Bonchev–Trinajstić information content (AvgIpc) is 1.54. The first-order valence-electron chi connectivity index (χ1n) is 40.3. The van der Waals surface area contributed by atoms with Gasteiger partial charge in [-0.2, -0.15) is 0 Å². The van der Waals surface area contributed by atoms with E-state index in [9.17, 15) is 0 Å². The standard InChI is InChI=1S/C112H66N4/c1-3-25-74(26-4-1)113-102-42-17-15-36-85(102)87-51-47-73(64-106(87)113)98-66-108-101(96-53-45-68-23-8-10-31-79(68)112(96)115(108)76-29-19-24-71(60-76)77-54-56-93-82-34-13-11-32-80(82)90-39-20-38-89(77)109(90)93)65-97(98)72-49-59-105(99(62-72)84-55-57-94-83-35-14-12-33-81(83)91-40-21-41-92(84)110(91)94)116-103-43-18-16-37-86(103)88-50-46-70(63-107(88)116)69-48-58-104-100(61-69)95-52-44-67-22-7-9-30-78(67)111(95)114(104)75-27-5-2-6-28-75/h1-66H. The Labute approximate surface area is 667 Å². The Bertz CT molecular complexity index is 8390. The molecule has 4 heterocycles. The van der Waals surface area contributed by atoms with Crippen molar-refractivity contribution in [1.29, 1.82) is 0 Å². The van der Waals surface area contributed by atoms with Crippen LogP contribution < -0.4 is 0 Å². The zero-order valence-corrected chi connectivity index (χ0v) is 62.9. The van der Waals surface area contributed by atoms with Crippen LogP contribution in [0.3, 0.4) is 0 Å². The number of aromatic nitrogens is 4. The summed E-state index contributed by atoms with van der Waals surface area (Å²) in [5.41, 5.74) is 35.6. The van der Waals surface area contributed by atoms with E-state index >= 15 is 0 Å². The molecule has 4 nitrogen and oxygen atoms in total. The van der Waals surface area contributed by atoms with Crippen LogP contribution in [0.2, 0.25) is 0 Å². The Morgan fingerprint density at radius 2 is 0.526 bits per heavy atom. The lowest BCUT2D eigenvalue weighted by molar-refractivity contribution is 1.18. The van der Waals surface area contributed by atoms with Crippen LogP contribution in [0.15, 0.2) is 400 Å². The van der Waals surface area contributed by atoms with Crippen molar-refractivity contribution in [2.45, 2.75) is 0 Å². The van der Waals surface area contributed by atoms with Gasteiger partial charge in [-0.05, 0) is 224 Å². The monoisotopic (exact) mass is 1470 g/mol. The normalized spacial score (nSPS) is 12.3. The molecule has 4 aromatic heterocycles. The van der Waals surface area contributed by atoms with Gasteiger partial charge in [0.2, 0.25) is 0 Å². The number of nitrogens with zero attached hydrogens (tertiary/aromatic N) is 4. The van der Waals surface area contributed by atoms with Gasteiger partial charge in [0, 0.05) is 76.5 Å². The lowest BCUT2D eigenvalue weighted by Gasteiger charge is -2.20. The number of fused-ring (bicyclic) bond motifs is 22. The first kappa shape index (κ1) is 63.3. The van der Waals surface area contributed by atoms with Crippen molar-refractivity contribution in [3.05, 3.63) is 400 Å². The first-order valence-corrected chi connectivity index (χ1v) is 40.3. The number of hydrogen-bond donors (Lipinski definition) is 0. The highest BCUT2D eigenvalue weighted by atomic mass is 15.0. The third-order valence-electron chi connectivity index (χ3n) is 25.8. The molecule has 0 aliphatic heterocycles. The van der Waals surface area contributed by atoms with Gasteiger partial charge >= 0.3 is 0 Å². The van der Waals surface area contributed by atoms with Crippen molar-refractivity contribution >= 4 is 130 Å². The molecule has 0 amide bonds. The van der Waals surface area contributed by atoms with Crippen molar-refractivity contribution in [3.63, 3.8) is 0 Å². The molecule has 0 spiro atoms. The lowest BCUT2D eigenvalue weighted by Crippen LogP contribution is -1.99. The molecule has 2 aliphatic rings. The summed E-state index contributed by atoms with van der Waals surface area (Å²) in [7, 11) is 0. The molecule has 0 bridgehead atoms. The summed E-state index contributed by atoms with van der Waals surface area (Å²) in [5.74, 6) is 0. The van der Waals surface area contributed by atoms with Crippen LogP contribution in [0.4, 0.5) is 0 Å². The number of rotatable bonds is 9. The van der Waals surface area contributed by atoms with Crippen LogP contribution in [0.1, 0.15) is 0 Å². The molecule has 4 heteroatoms. The Hall–Kier alpha value is -15.4. The van der Waals surface area contributed by atoms with Gasteiger partial charge in [-0.15, -0.1) is 0 Å². The van der Waals surface area contributed by atoms with Crippen molar-refractivity contribution < 1.29 is 0 Å². The van der Waals surface area contributed by atoms with Gasteiger partial charge in [-0.3, -0.25) is 0 Å². The highest BCUT2D eigenvalue weighted by Crippen LogP contribution is 2.54. The third kappa shape index (κ3) is 8.92. The molecule has 116 heavy (non-hydrogen) atoms. The first-order chi connectivity index (χ1) is 57.6. The minimum atomic E-state index is 1.10. The Kier molecular flexibility index (Phi) is 13.1. The van der Waals surface area contributed by atoms with E-state index in [1.165, 1.54) is 169 Å². The summed E-state index contributed by atoms with van der Waals surface area (Å²) in [6.07, 6.45) is 0. The lowest BCUT2D eigenvalue weighted by atomic mass is 9.88. The highest BCUT2D eigenvalue weighted by Gasteiger charge is 2.29. The van der Waals surface area contributed by atoms with E-state index in [0.717, 1.165) is 83.8 Å². The fraction of sp³-hybridized carbons (Fsp3) is 0. The molecule has 0 radical (unpaired) electrons. The van der Waals surface area contributed by atoms with Crippen LogP contribution in [0.25, 0.3) is 253 Å². The second-order valence-corrected chi connectivity index (χ2v) is 31.7. The zero-order valence-electron chi connectivity index (χ0n) is 62.9. The third-order valence-corrected chi connectivity index (χ3v) is 25.8. The van der Waals surface area contributed by atoms with Crippen molar-refractivity contribution in [2.24, 2.45) is 0 Å². The molecule has 0 atom stereocenters. The molecule has 24 aromatic rings. The maximum absolute atomic E-state index is 2.58. The van der Waals surface area contributed by atoms with Crippen LogP contribution in [-0.2, 0) is 0 Å². The molecule has 20 aromatic carbocycles. The van der Waals surface area contributed by atoms with Gasteiger partial charge in [-0.25, -0.2) is 0 Å². The van der Waals surface area contributed by atoms with E-state index in [1.807, 2.05) is 0 Å². The van der Waals surface area contributed by atoms with Crippen molar-refractivity contribution in [1.82, 2.24) is 18.3 Å². The van der Waals surface area contributed by atoms with Gasteiger partial charge in [-0.1, -0.05) is 303 Å². The quantitative estimate of drug-likeness (QED) is 0.137. The van der Waals surface area contributed by atoms with Gasteiger partial charge < -0.3 is 18.3 Å². The van der Waals surface area contributed by atoms with Crippen molar-refractivity contribution in [2.75, 3.05) is 0 Å². The predicted molar refractivity (Wildman–Crippen MR) is 490 cm³/mol. The molecule has 0 unspecified atom stereocenters. The molecular weight excluding hydrogens is 1400 g/mol. The van der Waals surface area contributed by atoms with Crippen LogP contribution in [0.5, 0.6) is 0 Å². The summed E-state index contributed by atoms with van der Waals surface area (Å²) in [6.45, 7) is 0. The minimum absolute atomic E-state index is 1.10. The van der Waals surface area contributed by atoms with Crippen LogP contribution in [-0.4, -0.2) is 18.3 Å².